The Hall–Kier alpha value is -4.59. The van der Waals surface area contributed by atoms with E-state index in [2.05, 4.69) is 15.4 Å². The van der Waals surface area contributed by atoms with Gasteiger partial charge in [-0.05, 0) is 37.1 Å². The fraction of sp³-hybridized carbons (Fsp3) is 0.464. The normalized spacial score (nSPS) is 12.0. The molecule has 14 heteroatoms. The van der Waals surface area contributed by atoms with Crippen LogP contribution in [0.5, 0.6) is 11.5 Å². The standard InChI is InChI=1S/C28H37N3O11/c1-5-7-8-9-18(21(6-2)31(38)16-32)26(35)29-15-30-27(36)23-11-10-22(42-23)19-12-17(41-14-24(33)39-3)13-20(25(19)34)28(37)40-4/h10-13,16,18,21,34,38H,5-9,14-15H2,1-4H3,(H,29,35)(H,30,36). The smallest absolute Gasteiger partial charge is 0.343 e. The molecule has 0 saturated heterocycles. The summed E-state index contributed by atoms with van der Waals surface area (Å²) in [4.78, 5) is 60.4. The lowest BCUT2D eigenvalue weighted by molar-refractivity contribution is -0.168. The van der Waals surface area contributed by atoms with Crippen LogP contribution >= 0.6 is 0 Å². The van der Waals surface area contributed by atoms with Crippen molar-refractivity contribution >= 4 is 30.2 Å². The van der Waals surface area contributed by atoms with Crippen LogP contribution in [0.3, 0.4) is 0 Å². The largest absolute Gasteiger partial charge is 0.506 e. The predicted molar refractivity (Wildman–Crippen MR) is 147 cm³/mol. The van der Waals surface area contributed by atoms with E-state index in [0.717, 1.165) is 26.4 Å². The van der Waals surface area contributed by atoms with Gasteiger partial charge in [0.2, 0.25) is 12.3 Å². The Morgan fingerprint density at radius 1 is 1.07 bits per heavy atom. The van der Waals surface area contributed by atoms with Crippen LogP contribution in [0.4, 0.5) is 0 Å². The topological polar surface area (TPSA) is 194 Å². The molecule has 230 valence electrons. The summed E-state index contributed by atoms with van der Waals surface area (Å²) in [5.41, 5.74) is -0.288. The second-order valence-electron chi connectivity index (χ2n) is 9.17. The summed E-state index contributed by atoms with van der Waals surface area (Å²) in [6.45, 7) is 3.03. The summed E-state index contributed by atoms with van der Waals surface area (Å²) >= 11 is 0. The molecule has 0 aliphatic heterocycles. The van der Waals surface area contributed by atoms with Crippen molar-refractivity contribution in [1.29, 1.82) is 0 Å². The number of benzene rings is 1. The first-order valence-corrected chi connectivity index (χ1v) is 13.3. The Labute approximate surface area is 242 Å². The molecule has 0 fully saturated rings. The van der Waals surface area contributed by atoms with Crippen LogP contribution in [0.25, 0.3) is 11.3 Å². The Balaban J connectivity index is 2.16. The maximum absolute atomic E-state index is 12.9. The lowest BCUT2D eigenvalue weighted by Gasteiger charge is -2.29. The number of esters is 2. The molecule has 2 atom stereocenters. The lowest BCUT2D eigenvalue weighted by atomic mass is 9.90. The van der Waals surface area contributed by atoms with E-state index in [0.29, 0.717) is 17.9 Å². The summed E-state index contributed by atoms with van der Waals surface area (Å²) in [6, 6.07) is 4.45. The number of hydrogen-bond donors (Lipinski definition) is 4. The molecule has 2 aromatic rings. The maximum atomic E-state index is 12.9. The fourth-order valence-corrected chi connectivity index (χ4v) is 4.23. The van der Waals surface area contributed by atoms with Crippen LogP contribution in [0, 0.1) is 5.92 Å². The number of carbonyl (C=O) groups excluding carboxylic acids is 5. The molecule has 1 aromatic carbocycles. The van der Waals surface area contributed by atoms with Gasteiger partial charge in [-0.15, -0.1) is 0 Å². The highest BCUT2D eigenvalue weighted by Crippen LogP contribution is 2.37. The molecule has 0 radical (unpaired) electrons. The van der Waals surface area contributed by atoms with Gasteiger partial charge in [-0.1, -0.05) is 33.1 Å². The van der Waals surface area contributed by atoms with Gasteiger partial charge in [0.15, 0.2) is 12.4 Å². The molecule has 1 aromatic heterocycles. The van der Waals surface area contributed by atoms with E-state index in [-0.39, 0.29) is 41.5 Å². The Bertz CT molecular complexity index is 1240. The van der Waals surface area contributed by atoms with Gasteiger partial charge in [-0.25, -0.2) is 14.7 Å². The van der Waals surface area contributed by atoms with Crippen LogP contribution in [0.1, 0.15) is 66.9 Å². The summed E-state index contributed by atoms with van der Waals surface area (Å²) < 4.78 is 20.2. The lowest BCUT2D eigenvalue weighted by Crippen LogP contribution is -2.47. The number of ether oxygens (including phenoxy) is 3. The fourth-order valence-electron chi connectivity index (χ4n) is 4.23. The number of furan rings is 1. The van der Waals surface area contributed by atoms with Gasteiger partial charge >= 0.3 is 11.9 Å². The zero-order valence-corrected chi connectivity index (χ0v) is 24.0. The number of unbranched alkanes of at least 4 members (excludes halogenated alkanes) is 2. The number of amides is 3. The molecule has 0 bridgehead atoms. The van der Waals surface area contributed by atoms with Gasteiger partial charge in [-0.3, -0.25) is 19.6 Å². The maximum Gasteiger partial charge on any atom is 0.343 e. The van der Waals surface area contributed by atoms with Crippen molar-refractivity contribution in [1.82, 2.24) is 15.7 Å². The second-order valence-corrected chi connectivity index (χ2v) is 9.17. The molecule has 0 spiro atoms. The highest BCUT2D eigenvalue weighted by atomic mass is 16.6. The summed E-state index contributed by atoms with van der Waals surface area (Å²) in [5, 5.41) is 26.2. The second kappa shape index (κ2) is 16.6. The number of hydroxylamine groups is 2. The zero-order chi connectivity index (χ0) is 31.2. The molecule has 14 nitrogen and oxygen atoms in total. The predicted octanol–water partition coefficient (Wildman–Crippen LogP) is 2.62. The first-order valence-electron chi connectivity index (χ1n) is 13.3. The molecule has 0 saturated carbocycles. The van der Waals surface area contributed by atoms with Gasteiger partial charge in [0, 0.05) is 0 Å². The van der Waals surface area contributed by atoms with E-state index in [1.165, 1.54) is 31.4 Å². The van der Waals surface area contributed by atoms with Gasteiger partial charge in [0.25, 0.3) is 5.91 Å². The van der Waals surface area contributed by atoms with E-state index in [4.69, 9.17) is 13.9 Å². The number of hydrogen-bond acceptors (Lipinski definition) is 11. The third-order valence-corrected chi connectivity index (χ3v) is 6.47. The number of nitrogens with zero attached hydrogens (tertiary/aromatic N) is 1. The quantitative estimate of drug-likeness (QED) is 0.0527. The van der Waals surface area contributed by atoms with Crippen molar-refractivity contribution in [2.75, 3.05) is 27.5 Å². The van der Waals surface area contributed by atoms with Gasteiger partial charge in [0.05, 0.1) is 38.4 Å². The average molecular weight is 592 g/mol. The Morgan fingerprint density at radius 2 is 1.81 bits per heavy atom. The molecule has 0 aliphatic carbocycles. The van der Waals surface area contributed by atoms with Crippen LogP contribution < -0.4 is 15.4 Å². The van der Waals surface area contributed by atoms with Crippen LogP contribution in [0.15, 0.2) is 28.7 Å². The summed E-state index contributed by atoms with van der Waals surface area (Å²) in [7, 11) is 2.30. The van der Waals surface area contributed by atoms with E-state index < -0.39 is 48.1 Å². The monoisotopic (exact) mass is 591 g/mol. The third-order valence-electron chi connectivity index (χ3n) is 6.47. The van der Waals surface area contributed by atoms with Crippen molar-refractivity contribution in [3.8, 4) is 22.8 Å². The Morgan fingerprint density at radius 3 is 2.43 bits per heavy atom. The number of phenolic OH excluding ortho intramolecular Hbond substituents is 1. The highest BCUT2D eigenvalue weighted by molar-refractivity contribution is 5.96. The van der Waals surface area contributed by atoms with Gasteiger partial charge in [-0.2, -0.15) is 0 Å². The van der Waals surface area contributed by atoms with Crippen molar-refractivity contribution in [3.05, 3.63) is 35.6 Å². The first kappa shape index (κ1) is 33.6. The van der Waals surface area contributed by atoms with Crippen LogP contribution in [0.2, 0.25) is 0 Å². The van der Waals surface area contributed by atoms with Crippen LogP contribution in [-0.2, 0) is 23.9 Å². The van der Waals surface area contributed by atoms with Crippen molar-refractivity contribution < 1.29 is 52.9 Å². The molecule has 0 aliphatic rings. The molecular formula is C28H37N3O11. The number of phenols is 1. The Kier molecular flexibility index (Phi) is 13.3. The zero-order valence-electron chi connectivity index (χ0n) is 24.0. The van der Waals surface area contributed by atoms with Crippen molar-refractivity contribution in [2.24, 2.45) is 5.92 Å². The summed E-state index contributed by atoms with van der Waals surface area (Å²) in [5.74, 6) is -4.05. The molecule has 2 unspecified atom stereocenters. The first-order chi connectivity index (χ1) is 20.1. The van der Waals surface area contributed by atoms with Gasteiger partial charge in [0.1, 0.15) is 22.8 Å². The van der Waals surface area contributed by atoms with E-state index in [9.17, 15) is 34.3 Å². The molecule has 2 rings (SSSR count). The van der Waals surface area contributed by atoms with Crippen molar-refractivity contribution in [2.45, 2.75) is 52.0 Å². The van der Waals surface area contributed by atoms with E-state index >= 15 is 0 Å². The minimum absolute atomic E-state index is 0.00553. The molecule has 3 amide bonds. The molecule has 1 heterocycles. The number of nitrogens with one attached hydrogen (secondary N) is 2. The summed E-state index contributed by atoms with van der Waals surface area (Å²) in [6.07, 6.45) is 3.57. The van der Waals surface area contributed by atoms with E-state index in [1.54, 1.807) is 6.92 Å². The number of rotatable bonds is 17. The van der Waals surface area contributed by atoms with E-state index in [1.807, 2.05) is 6.92 Å². The minimum atomic E-state index is -0.881. The molecular weight excluding hydrogens is 554 g/mol. The minimum Gasteiger partial charge on any atom is -0.506 e. The van der Waals surface area contributed by atoms with Crippen LogP contribution in [-0.4, -0.2) is 79.1 Å². The number of carbonyl (C=O) groups is 5. The average Bonchev–Trinajstić information content (AvgIpc) is 3.49. The highest BCUT2D eigenvalue weighted by Gasteiger charge is 2.30. The third kappa shape index (κ3) is 8.96. The number of methoxy groups -OCH3 is 2. The number of aromatic hydroxyl groups is 1. The molecule has 42 heavy (non-hydrogen) atoms. The van der Waals surface area contributed by atoms with Crippen molar-refractivity contribution in [3.63, 3.8) is 0 Å². The van der Waals surface area contributed by atoms with Gasteiger partial charge < -0.3 is 34.4 Å². The SMILES string of the molecule is CCCCCC(C(=O)NCNC(=O)c1ccc(-c2cc(OCC(=O)OC)cc(C(=O)OC)c2O)o1)C(CC)N(O)C=O. The molecule has 4 N–H and O–H groups in total.